The van der Waals surface area contributed by atoms with E-state index in [4.69, 9.17) is 14.2 Å². The van der Waals surface area contributed by atoms with Crippen molar-refractivity contribution in [3.63, 3.8) is 0 Å². The summed E-state index contributed by atoms with van der Waals surface area (Å²) < 4.78 is 72.0. The Kier molecular flexibility index (Phi) is 10.6. The minimum atomic E-state index is -4.13. The zero-order chi connectivity index (χ0) is 33.6. The lowest BCUT2D eigenvalue weighted by Crippen LogP contribution is -2.64. The number of carboxylic acid groups (broad SMARTS) is 1. The fourth-order valence-electron chi connectivity index (χ4n) is 4.84. The molecular weight excluding hydrogens is 626 g/mol. The summed E-state index contributed by atoms with van der Waals surface area (Å²) in [5.41, 5.74) is -0.457. The Hall–Kier alpha value is -4.56. The molecule has 2 atom stereocenters. The summed E-state index contributed by atoms with van der Waals surface area (Å²) in [4.78, 5) is 35.9. The third kappa shape index (κ3) is 8.57. The molecule has 46 heavy (non-hydrogen) atoms. The van der Waals surface area contributed by atoms with Gasteiger partial charge in [-0.05, 0) is 53.4 Å². The summed E-state index contributed by atoms with van der Waals surface area (Å²) in [6.45, 7) is 4.59. The van der Waals surface area contributed by atoms with Crippen LogP contribution in [0.2, 0.25) is 0 Å². The van der Waals surface area contributed by atoms with Crippen LogP contribution < -0.4 is 10.1 Å². The first kappa shape index (κ1) is 34.3. The van der Waals surface area contributed by atoms with Crippen molar-refractivity contribution in [1.82, 2.24) is 9.62 Å². The van der Waals surface area contributed by atoms with Gasteiger partial charge >= 0.3 is 18.0 Å². The fourth-order valence-corrected chi connectivity index (χ4v) is 6.45. The normalized spacial score (nSPS) is 15.7. The van der Waals surface area contributed by atoms with Crippen LogP contribution in [0, 0.1) is 17.6 Å². The van der Waals surface area contributed by atoms with Gasteiger partial charge in [-0.2, -0.15) is 4.31 Å². The van der Waals surface area contributed by atoms with Gasteiger partial charge in [0.2, 0.25) is 16.3 Å². The number of ether oxygens (including phenoxy) is 3. The summed E-state index contributed by atoms with van der Waals surface area (Å²) in [5, 5.41) is 11.9. The molecule has 1 amide bonds. The van der Waals surface area contributed by atoms with Crippen molar-refractivity contribution in [3.8, 4) is 5.75 Å². The number of hydrogen-bond donors (Lipinski definition) is 2. The lowest BCUT2D eigenvalue weighted by molar-refractivity contribution is -0.166. The van der Waals surface area contributed by atoms with E-state index in [0.29, 0.717) is 5.56 Å². The van der Waals surface area contributed by atoms with Crippen molar-refractivity contribution in [2.75, 3.05) is 13.1 Å². The Morgan fingerprint density at radius 3 is 2.24 bits per heavy atom. The number of carbonyl (C=O) groups is 3. The number of aliphatic carboxylic acids is 1. The van der Waals surface area contributed by atoms with Gasteiger partial charge in [0, 0.05) is 25.8 Å². The van der Waals surface area contributed by atoms with Crippen molar-refractivity contribution in [1.29, 1.82) is 0 Å². The number of sulfonamides is 1. The molecule has 0 radical (unpaired) electrons. The highest BCUT2D eigenvalue weighted by Gasteiger charge is 2.52. The molecule has 0 bridgehead atoms. The lowest BCUT2D eigenvalue weighted by atomic mass is 9.87. The maximum Gasteiger partial charge on any atom is 0.410 e. The number of hydrogen-bond acceptors (Lipinski definition) is 8. The SMILES string of the molecule is CC(C)CC(=O)OC(C)OC(=O)NC(Cc1cccc(S(=O)(=O)N2CC(Oc3cccc(F)c3)(c3ccc(F)cc3)C2)c1)C(=O)O. The number of amides is 1. The second kappa shape index (κ2) is 14.3. The van der Waals surface area contributed by atoms with Crippen LogP contribution in [-0.4, -0.2) is 61.3 Å². The van der Waals surface area contributed by atoms with E-state index in [0.717, 1.165) is 10.4 Å². The molecule has 1 aliphatic heterocycles. The Balaban J connectivity index is 1.46. The molecule has 0 saturated carbocycles. The van der Waals surface area contributed by atoms with Gasteiger partial charge in [-0.25, -0.2) is 26.8 Å². The number of nitrogens with zero attached hydrogens (tertiary/aromatic N) is 1. The highest BCUT2D eigenvalue weighted by molar-refractivity contribution is 7.89. The van der Waals surface area contributed by atoms with Crippen molar-refractivity contribution in [2.24, 2.45) is 5.92 Å². The quantitative estimate of drug-likeness (QED) is 0.198. The lowest BCUT2D eigenvalue weighted by Gasteiger charge is -2.48. The Bertz CT molecular complexity index is 1680. The Labute approximate surface area is 265 Å². The van der Waals surface area contributed by atoms with Gasteiger partial charge < -0.3 is 24.6 Å². The van der Waals surface area contributed by atoms with E-state index in [1.54, 1.807) is 0 Å². The third-order valence-corrected chi connectivity index (χ3v) is 8.84. The minimum absolute atomic E-state index is 0.0245. The van der Waals surface area contributed by atoms with Gasteiger partial charge in [0.1, 0.15) is 23.4 Å². The van der Waals surface area contributed by atoms with Crippen LogP contribution in [0.5, 0.6) is 5.75 Å². The van der Waals surface area contributed by atoms with E-state index >= 15 is 0 Å². The van der Waals surface area contributed by atoms with Crippen LogP contribution in [-0.2, 0) is 41.1 Å². The number of alkyl carbamates (subject to hydrolysis) is 1. The molecule has 0 spiro atoms. The molecule has 3 aromatic rings. The molecule has 246 valence electrons. The fraction of sp³-hybridized carbons (Fsp3) is 0.344. The van der Waals surface area contributed by atoms with Crippen molar-refractivity contribution in [2.45, 2.75) is 56.4 Å². The number of rotatable bonds is 13. The van der Waals surface area contributed by atoms with Crippen molar-refractivity contribution < 1.29 is 50.9 Å². The molecule has 1 saturated heterocycles. The smallest absolute Gasteiger partial charge is 0.410 e. The summed E-state index contributed by atoms with van der Waals surface area (Å²) in [6, 6.07) is 14.8. The van der Waals surface area contributed by atoms with Crippen LogP contribution in [0.25, 0.3) is 0 Å². The van der Waals surface area contributed by atoms with E-state index in [1.165, 1.54) is 73.7 Å². The Morgan fingerprint density at radius 2 is 1.61 bits per heavy atom. The predicted octanol–water partition coefficient (Wildman–Crippen LogP) is 4.60. The minimum Gasteiger partial charge on any atom is -0.480 e. The van der Waals surface area contributed by atoms with Gasteiger partial charge in [0.05, 0.1) is 18.0 Å². The molecule has 1 fully saturated rings. The van der Waals surface area contributed by atoms with Gasteiger partial charge in [0.15, 0.2) is 5.60 Å². The summed E-state index contributed by atoms with van der Waals surface area (Å²) >= 11 is 0. The first-order valence-electron chi connectivity index (χ1n) is 14.4. The van der Waals surface area contributed by atoms with Crippen LogP contribution >= 0.6 is 0 Å². The molecule has 11 nitrogen and oxygen atoms in total. The van der Waals surface area contributed by atoms with Crippen LogP contribution in [0.15, 0.2) is 77.7 Å². The molecule has 3 aromatic carbocycles. The maximum absolute atomic E-state index is 13.9. The van der Waals surface area contributed by atoms with E-state index in [-0.39, 0.29) is 48.1 Å². The molecular formula is C32H34F2N2O9S. The number of nitrogens with one attached hydrogen (secondary N) is 1. The monoisotopic (exact) mass is 660 g/mol. The number of benzene rings is 3. The van der Waals surface area contributed by atoms with Gasteiger partial charge in [-0.15, -0.1) is 0 Å². The van der Waals surface area contributed by atoms with Crippen molar-refractivity contribution in [3.05, 3.63) is 95.6 Å². The van der Waals surface area contributed by atoms with E-state index in [2.05, 4.69) is 5.32 Å². The van der Waals surface area contributed by atoms with Crippen LogP contribution in [0.1, 0.15) is 38.3 Å². The second-order valence-electron chi connectivity index (χ2n) is 11.3. The summed E-state index contributed by atoms with van der Waals surface area (Å²) in [7, 11) is -4.13. The number of carboxylic acids is 1. The molecule has 0 aromatic heterocycles. The average Bonchev–Trinajstić information content (AvgIpc) is 2.94. The highest BCUT2D eigenvalue weighted by atomic mass is 32.2. The van der Waals surface area contributed by atoms with Gasteiger partial charge in [0.25, 0.3) is 0 Å². The molecule has 0 aliphatic carbocycles. The number of esters is 1. The Morgan fingerprint density at radius 1 is 0.935 bits per heavy atom. The molecule has 1 aliphatic rings. The maximum atomic E-state index is 13.9. The first-order valence-corrected chi connectivity index (χ1v) is 15.8. The molecule has 4 rings (SSSR count). The zero-order valence-electron chi connectivity index (χ0n) is 25.3. The largest absolute Gasteiger partial charge is 0.480 e. The van der Waals surface area contributed by atoms with Gasteiger partial charge in [-0.1, -0.05) is 44.2 Å². The molecule has 14 heteroatoms. The van der Waals surface area contributed by atoms with Crippen molar-refractivity contribution >= 4 is 28.1 Å². The zero-order valence-corrected chi connectivity index (χ0v) is 26.1. The van der Waals surface area contributed by atoms with Crippen LogP contribution in [0.4, 0.5) is 13.6 Å². The highest BCUT2D eigenvalue weighted by Crippen LogP contribution is 2.40. The number of carbonyl (C=O) groups excluding carboxylic acids is 2. The third-order valence-electron chi connectivity index (χ3n) is 7.05. The average molecular weight is 661 g/mol. The second-order valence-corrected chi connectivity index (χ2v) is 13.2. The van der Waals surface area contributed by atoms with Gasteiger partial charge in [-0.3, -0.25) is 4.79 Å². The number of halogens is 2. The van der Waals surface area contributed by atoms with Crippen LogP contribution in [0.3, 0.4) is 0 Å². The molecule has 2 unspecified atom stereocenters. The summed E-state index contributed by atoms with van der Waals surface area (Å²) in [5.74, 6) is -2.84. The first-order chi connectivity index (χ1) is 21.7. The molecule has 1 heterocycles. The predicted molar refractivity (Wildman–Crippen MR) is 160 cm³/mol. The van der Waals surface area contributed by atoms with E-state index in [1.807, 2.05) is 13.8 Å². The topological polar surface area (TPSA) is 149 Å². The molecule has 2 N–H and O–H groups in total. The summed E-state index contributed by atoms with van der Waals surface area (Å²) in [6.07, 6.45) is -2.59. The van der Waals surface area contributed by atoms with E-state index in [9.17, 15) is 36.7 Å². The van der Waals surface area contributed by atoms with E-state index < -0.39 is 57.6 Å². The standard InChI is InChI=1S/C32H34F2N2O9S/c1-20(2)14-29(37)43-21(3)44-31(40)35-28(30(38)39)16-22-6-4-9-27(15-22)46(41,42)36-18-32(19-36,23-10-12-24(33)13-11-23)45-26-8-5-7-25(34)17-26/h4-13,15,17,20-21,28H,14,16,18-19H2,1-3H3,(H,35,40)(H,38,39).